The van der Waals surface area contributed by atoms with Crippen molar-refractivity contribution in [2.45, 2.75) is 64.6 Å². The van der Waals surface area contributed by atoms with Crippen LogP contribution in [-0.2, 0) is 14.3 Å². The van der Waals surface area contributed by atoms with Gasteiger partial charge in [-0.05, 0) is 34.1 Å². The molecule has 1 rings (SSSR count). The lowest BCUT2D eigenvalue weighted by Crippen LogP contribution is -2.25. The topological polar surface area (TPSA) is 96.2 Å². The third-order valence-corrected chi connectivity index (χ3v) is 1.86. The molecular formula is C12H24O6. The number of rotatable bonds is 4. The van der Waals surface area contributed by atoms with E-state index in [-0.39, 0.29) is 12.1 Å². The molecule has 0 aromatic carbocycles. The van der Waals surface area contributed by atoms with Crippen LogP contribution in [0.2, 0.25) is 0 Å². The van der Waals surface area contributed by atoms with E-state index in [1.54, 1.807) is 13.8 Å². The molecule has 0 bridgehead atoms. The molecule has 1 unspecified atom stereocenters. The number of carbonyl (C=O) groups is 1. The van der Waals surface area contributed by atoms with Crippen LogP contribution < -0.4 is 0 Å². The van der Waals surface area contributed by atoms with Crippen molar-refractivity contribution >= 4 is 5.97 Å². The molecular weight excluding hydrogens is 240 g/mol. The van der Waals surface area contributed by atoms with Crippen LogP contribution in [0.5, 0.6) is 0 Å². The molecule has 6 nitrogen and oxygen atoms in total. The first-order valence-electron chi connectivity index (χ1n) is 5.98. The predicted octanol–water partition coefficient (Wildman–Crippen LogP) is 0.534. The van der Waals surface area contributed by atoms with E-state index in [2.05, 4.69) is 0 Å². The lowest BCUT2D eigenvalue weighted by Gasteiger charge is -2.19. The van der Waals surface area contributed by atoms with Gasteiger partial charge in [0.05, 0.1) is 6.61 Å². The molecule has 0 aromatic rings. The molecule has 1 saturated heterocycles. The van der Waals surface area contributed by atoms with Crippen molar-refractivity contribution in [3.05, 3.63) is 0 Å². The van der Waals surface area contributed by atoms with Gasteiger partial charge in [0.1, 0.15) is 6.10 Å². The van der Waals surface area contributed by atoms with Gasteiger partial charge in [0.2, 0.25) is 0 Å². The van der Waals surface area contributed by atoms with Crippen molar-refractivity contribution in [3.8, 4) is 0 Å². The van der Waals surface area contributed by atoms with Gasteiger partial charge in [0, 0.05) is 12.8 Å². The van der Waals surface area contributed by atoms with Crippen molar-refractivity contribution in [2.24, 2.45) is 0 Å². The quantitative estimate of drug-likeness (QED) is 0.506. The summed E-state index contributed by atoms with van der Waals surface area (Å²) >= 11 is 0. The van der Waals surface area contributed by atoms with E-state index in [1.165, 1.54) is 13.8 Å². The Bertz CT molecular complexity index is 244. The van der Waals surface area contributed by atoms with Crippen LogP contribution in [0.15, 0.2) is 0 Å². The third-order valence-electron chi connectivity index (χ3n) is 1.86. The SMILES string of the molecule is CC(C)(O)O.CC(C)(O)OCCC1CCC(=O)O1. The van der Waals surface area contributed by atoms with Crippen molar-refractivity contribution < 1.29 is 29.6 Å². The van der Waals surface area contributed by atoms with Crippen LogP contribution in [0.25, 0.3) is 0 Å². The predicted molar refractivity (Wildman–Crippen MR) is 64.5 cm³/mol. The minimum Gasteiger partial charge on any atom is -0.462 e. The van der Waals surface area contributed by atoms with Gasteiger partial charge in [0.15, 0.2) is 11.6 Å². The maximum absolute atomic E-state index is 10.7. The van der Waals surface area contributed by atoms with Gasteiger partial charge in [-0.15, -0.1) is 0 Å². The lowest BCUT2D eigenvalue weighted by atomic mass is 10.2. The Balaban J connectivity index is 0.000000494. The molecule has 0 radical (unpaired) electrons. The van der Waals surface area contributed by atoms with E-state index in [0.717, 1.165) is 6.42 Å². The zero-order chi connectivity index (χ0) is 14.4. The molecule has 1 heterocycles. The summed E-state index contributed by atoms with van der Waals surface area (Å²) in [7, 11) is 0. The minimum absolute atomic E-state index is 0.0187. The number of hydrogen-bond acceptors (Lipinski definition) is 6. The summed E-state index contributed by atoms with van der Waals surface area (Å²) < 4.78 is 10.1. The number of hydrogen-bond donors (Lipinski definition) is 3. The highest BCUT2D eigenvalue weighted by Crippen LogP contribution is 2.17. The van der Waals surface area contributed by atoms with Gasteiger partial charge in [-0.25, -0.2) is 0 Å². The summed E-state index contributed by atoms with van der Waals surface area (Å²) in [6.45, 7) is 6.17. The highest BCUT2D eigenvalue weighted by atomic mass is 16.6. The molecule has 1 fully saturated rings. The molecule has 0 amide bonds. The Kier molecular flexibility index (Phi) is 6.77. The van der Waals surface area contributed by atoms with Crippen molar-refractivity contribution in [1.29, 1.82) is 0 Å². The number of aliphatic hydroxyl groups is 3. The van der Waals surface area contributed by atoms with E-state index in [1.807, 2.05) is 0 Å². The van der Waals surface area contributed by atoms with Gasteiger partial charge < -0.3 is 24.8 Å². The number of esters is 1. The summed E-state index contributed by atoms with van der Waals surface area (Å²) in [5, 5.41) is 25.4. The fourth-order valence-electron chi connectivity index (χ4n) is 1.23. The van der Waals surface area contributed by atoms with Crippen molar-refractivity contribution in [1.82, 2.24) is 0 Å². The molecule has 18 heavy (non-hydrogen) atoms. The molecule has 1 aliphatic rings. The summed E-state index contributed by atoms with van der Waals surface area (Å²) in [6.07, 6.45) is 1.92. The summed E-state index contributed by atoms with van der Waals surface area (Å²) in [5.41, 5.74) is 0. The Morgan fingerprint density at radius 2 is 1.78 bits per heavy atom. The van der Waals surface area contributed by atoms with Crippen LogP contribution in [0.4, 0.5) is 0 Å². The smallest absolute Gasteiger partial charge is 0.306 e. The van der Waals surface area contributed by atoms with Crippen LogP contribution in [0.3, 0.4) is 0 Å². The first-order chi connectivity index (χ1) is 7.97. The zero-order valence-corrected chi connectivity index (χ0v) is 11.5. The standard InChI is InChI=1S/C9H16O4.C3H8O2/c1-9(2,11)12-6-5-7-3-4-8(10)13-7;1-3(2,4)5/h7,11H,3-6H2,1-2H3;4-5H,1-2H3. The molecule has 0 aliphatic carbocycles. The van der Waals surface area contributed by atoms with Gasteiger partial charge >= 0.3 is 5.97 Å². The molecule has 0 aromatic heterocycles. The second kappa shape index (κ2) is 7.04. The van der Waals surface area contributed by atoms with E-state index in [9.17, 15) is 9.90 Å². The van der Waals surface area contributed by atoms with Gasteiger partial charge in [-0.3, -0.25) is 4.79 Å². The monoisotopic (exact) mass is 264 g/mol. The molecule has 1 aliphatic heterocycles. The Labute approximate surface area is 108 Å². The van der Waals surface area contributed by atoms with Crippen LogP contribution >= 0.6 is 0 Å². The maximum atomic E-state index is 10.7. The minimum atomic E-state index is -1.50. The Morgan fingerprint density at radius 1 is 1.28 bits per heavy atom. The van der Waals surface area contributed by atoms with Crippen LogP contribution in [0.1, 0.15) is 47.0 Å². The second-order valence-corrected chi connectivity index (χ2v) is 5.23. The molecule has 0 spiro atoms. The van der Waals surface area contributed by atoms with Crippen molar-refractivity contribution in [3.63, 3.8) is 0 Å². The first-order valence-corrected chi connectivity index (χ1v) is 5.98. The number of ether oxygens (including phenoxy) is 2. The normalized spacial score (nSPS) is 20.2. The highest BCUT2D eigenvalue weighted by molar-refractivity contribution is 5.71. The van der Waals surface area contributed by atoms with E-state index >= 15 is 0 Å². The maximum Gasteiger partial charge on any atom is 0.306 e. The van der Waals surface area contributed by atoms with Gasteiger partial charge in [-0.2, -0.15) is 0 Å². The zero-order valence-electron chi connectivity index (χ0n) is 11.5. The average molecular weight is 264 g/mol. The van der Waals surface area contributed by atoms with E-state index in [0.29, 0.717) is 19.4 Å². The number of carbonyl (C=O) groups excluding carboxylic acids is 1. The highest BCUT2D eigenvalue weighted by Gasteiger charge is 2.23. The van der Waals surface area contributed by atoms with Crippen LogP contribution in [-0.4, -0.2) is 45.6 Å². The average Bonchev–Trinajstić information content (AvgIpc) is 2.45. The van der Waals surface area contributed by atoms with Gasteiger partial charge in [-0.1, -0.05) is 0 Å². The summed E-state index contributed by atoms with van der Waals surface area (Å²) in [6, 6.07) is 0. The van der Waals surface area contributed by atoms with E-state index in [4.69, 9.17) is 19.7 Å². The van der Waals surface area contributed by atoms with E-state index < -0.39 is 11.6 Å². The van der Waals surface area contributed by atoms with Crippen LogP contribution in [0, 0.1) is 0 Å². The van der Waals surface area contributed by atoms with Crippen molar-refractivity contribution in [2.75, 3.05) is 6.61 Å². The molecule has 108 valence electrons. The molecule has 1 atom stereocenters. The Morgan fingerprint density at radius 3 is 2.11 bits per heavy atom. The summed E-state index contributed by atoms with van der Waals surface area (Å²) in [4.78, 5) is 10.7. The third kappa shape index (κ3) is 13.4. The second-order valence-electron chi connectivity index (χ2n) is 5.23. The largest absolute Gasteiger partial charge is 0.462 e. The Hall–Kier alpha value is -0.690. The first kappa shape index (κ1) is 17.3. The molecule has 3 N–H and O–H groups in total. The molecule has 0 saturated carbocycles. The summed E-state index contributed by atoms with van der Waals surface area (Å²) in [5.74, 6) is -2.73. The fourth-order valence-corrected chi connectivity index (χ4v) is 1.23. The molecule has 6 heteroatoms. The fraction of sp³-hybridized carbons (Fsp3) is 0.917. The van der Waals surface area contributed by atoms with Gasteiger partial charge in [0.25, 0.3) is 0 Å². The lowest BCUT2D eigenvalue weighted by molar-refractivity contribution is -0.179. The number of cyclic esters (lactones) is 1.